The molecule has 0 aromatic heterocycles. The Morgan fingerprint density at radius 1 is 0.929 bits per heavy atom. The molecule has 168 valence electrons. The molecule has 8 heteroatoms. The Labute approximate surface area is 179 Å². The van der Waals surface area contributed by atoms with E-state index < -0.39 is 13.9 Å². The second-order valence-electron chi connectivity index (χ2n) is 8.77. The lowest BCUT2D eigenvalue weighted by Crippen LogP contribution is -2.43. The largest absolute Gasteiger partial charge is 0.368 e. The standard InChI is InChI=1S/C20H44N3O3PS/c1-15(2)22(16(3)4)27(23(17(5)6)18(7)8)26-12-11-25-14-28-19(24)20(9,10)13-21/h15-18H,11-14,21H2,1-10H3. The third kappa shape index (κ3) is 9.38. The number of nitrogens with zero attached hydrogens (tertiary/aromatic N) is 2. The number of ether oxygens (including phenoxy) is 1. The minimum atomic E-state index is -0.903. The zero-order valence-corrected chi connectivity index (χ0v) is 21.4. The van der Waals surface area contributed by atoms with Crippen LogP contribution in [-0.2, 0) is 14.1 Å². The fourth-order valence-electron chi connectivity index (χ4n) is 2.85. The van der Waals surface area contributed by atoms with Crippen molar-refractivity contribution < 1.29 is 14.1 Å². The number of hydrogen-bond donors (Lipinski definition) is 1. The molecule has 0 aliphatic carbocycles. The Morgan fingerprint density at radius 3 is 1.71 bits per heavy atom. The van der Waals surface area contributed by atoms with Crippen LogP contribution in [-0.4, -0.2) is 64.3 Å². The van der Waals surface area contributed by atoms with Gasteiger partial charge in [-0.25, -0.2) is 9.34 Å². The zero-order chi connectivity index (χ0) is 22.1. The summed E-state index contributed by atoms with van der Waals surface area (Å²) in [5, 5.41) is 0.0646. The van der Waals surface area contributed by atoms with Gasteiger partial charge in [0, 0.05) is 36.1 Å². The van der Waals surface area contributed by atoms with Crippen LogP contribution in [0.15, 0.2) is 0 Å². The molecule has 0 atom stereocenters. The minimum Gasteiger partial charge on any atom is -0.368 e. The van der Waals surface area contributed by atoms with Gasteiger partial charge in [-0.2, -0.15) is 0 Å². The van der Waals surface area contributed by atoms with Crippen LogP contribution in [0.2, 0.25) is 0 Å². The first-order valence-electron chi connectivity index (χ1n) is 10.3. The number of carbonyl (C=O) groups is 1. The molecule has 0 aliphatic heterocycles. The second kappa shape index (κ2) is 13.5. The quantitative estimate of drug-likeness (QED) is 0.240. The van der Waals surface area contributed by atoms with Crippen molar-refractivity contribution >= 4 is 25.3 Å². The number of rotatable bonds is 14. The molecule has 0 amide bonds. The van der Waals surface area contributed by atoms with Gasteiger partial charge < -0.3 is 15.0 Å². The molecule has 0 saturated heterocycles. The van der Waals surface area contributed by atoms with Crippen molar-refractivity contribution in [2.24, 2.45) is 11.1 Å². The zero-order valence-electron chi connectivity index (χ0n) is 19.7. The third-order valence-corrected chi connectivity index (χ3v) is 8.43. The van der Waals surface area contributed by atoms with Crippen molar-refractivity contribution in [3.05, 3.63) is 0 Å². The van der Waals surface area contributed by atoms with Gasteiger partial charge in [0.1, 0.15) is 0 Å². The maximum atomic E-state index is 12.1. The molecule has 0 bridgehead atoms. The summed E-state index contributed by atoms with van der Waals surface area (Å²) < 4.78 is 16.9. The first-order chi connectivity index (χ1) is 12.9. The fraction of sp³-hybridized carbons (Fsp3) is 0.950. The summed E-state index contributed by atoms with van der Waals surface area (Å²) in [7, 11) is -0.903. The molecule has 0 aromatic rings. The van der Waals surface area contributed by atoms with Crippen molar-refractivity contribution in [2.75, 3.05) is 25.7 Å². The fourth-order valence-corrected chi connectivity index (χ4v) is 5.95. The van der Waals surface area contributed by atoms with Gasteiger partial charge in [0.2, 0.25) is 0 Å². The van der Waals surface area contributed by atoms with Crippen molar-refractivity contribution in [3.8, 4) is 0 Å². The van der Waals surface area contributed by atoms with Gasteiger partial charge in [-0.15, -0.1) is 0 Å². The smallest absolute Gasteiger partial charge is 0.198 e. The van der Waals surface area contributed by atoms with Crippen LogP contribution in [0.5, 0.6) is 0 Å². The average Bonchev–Trinajstić information content (AvgIpc) is 2.55. The summed E-state index contributed by atoms with van der Waals surface area (Å²) in [5.41, 5.74) is 5.13. The van der Waals surface area contributed by atoms with E-state index in [1.165, 1.54) is 11.8 Å². The molecule has 0 spiro atoms. The monoisotopic (exact) mass is 437 g/mol. The summed E-state index contributed by atoms with van der Waals surface area (Å²) >= 11 is 1.19. The summed E-state index contributed by atoms with van der Waals surface area (Å²) in [6, 6.07) is 1.55. The van der Waals surface area contributed by atoms with E-state index in [1.807, 2.05) is 13.8 Å². The molecular weight excluding hydrogens is 393 g/mol. The summed E-state index contributed by atoms with van der Waals surface area (Å²) in [6.07, 6.45) is 0. The maximum Gasteiger partial charge on any atom is 0.198 e. The molecule has 0 unspecified atom stereocenters. The van der Waals surface area contributed by atoms with Gasteiger partial charge >= 0.3 is 0 Å². The molecule has 2 N–H and O–H groups in total. The molecule has 0 radical (unpaired) electrons. The molecule has 0 fully saturated rings. The van der Waals surface area contributed by atoms with Gasteiger partial charge in [-0.1, -0.05) is 25.6 Å². The third-order valence-electron chi connectivity index (χ3n) is 4.28. The molecule has 0 heterocycles. The molecule has 0 rings (SSSR count). The Bertz CT molecular complexity index is 412. The predicted molar refractivity (Wildman–Crippen MR) is 123 cm³/mol. The van der Waals surface area contributed by atoms with Gasteiger partial charge in [0.15, 0.2) is 13.6 Å². The van der Waals surface area contributed by atoms with Gasteiger partial charge in [0.05, 0.1) is 19.2 Å². The Hall–Kier alpha value is 0.250. The number of thioether (sulfide) groups is 1. The molecule has 28 heavy (non-hydrogen) atoms. The van der Waals surface area contributed by atoms with Crippen LogP contribution in [0.4, 0.5) is 0 Å². The van der Waals surface area contributed by atoms with Crippen molar-refractivity contribution in [3.63, 3.8) is 0 Å². The van der Waals surface area contributed by atoms with E-state index in [0.717, 1.165) is 0 Å². The van der Waals surface area contributed by atoms with Crippen molar-refractivity contribution in [1.29, 1.82) is 0 Å². The minimum absolute atomic E-state index is 0.0646. The van der Waals surface area contributed by atoms with Crippen LogP contribution >= 0.6 is 20.2 Å². The number of nitrogens with two attached hydrogens (primary N) is 1. The highest BCUT2D eigenvalue weighted by Gasteiger charge is 2.34. The van der Waals surface area contributed by atoms with E-state index in [4.69, 9.17) is 15.0 Å². The van der Waals surface area contributed by atoms with Crippen LogP contribution in [0, 0.1) is 5.41 Å². The molecule has 0 aliphatic rings. The second-order valence-corrected chi connectivity index (χ2v) is 11.3. The lowest BCUT2D eigenvalue weighted by Gasteiger charge is -2.45. The molecule has 6 nitrogen and oxygen atoms in total. The normalized spacial score (nSPS) is 13.4. The highest BCUT2D eigenvalue weighted by Crippen LogP contribution is 2.50. The maximum absolute atomic E-state index is 12.1. The predicted octanol–water partition coefficient (Wildman–Crippen LogP) is 4.69. The highest BCUT2D eigenvalue weighted by molar-refractivity contribution is 8.13. The molecule has 0 aromatic carbocycles. The average molecular weight is 438 g/mol. The summed E-state index contributed by atoms with van der Waals surface area (Å²) in [6.45, 7) is 22.8. The first-order valence-corrected chi connectivity index (χ1v) is 12.5. The van der Waals surface area contributed by atoms with Gasteiger partial charge in [-0.3, -0.25) is 4.79 Å². The van der Waals surface area contributed by atoms with Crippen LogP contribution in [0.1, 0.15) is 69.2 Å². The topological polar surface area (TPSA) is 68.0 Å². The summed E-state index contributed by atoms with van der Waals surface area (Å²) in [4.78, 5) is 12.1. The Kier molecular flexibility index (Phi) is 13.7. The van der Waals surface area contributed by atoms with Gasteiger partial charge in [0.25, 0.3) is 0 Å². The molecule has 0 saturated carbocycles. The van der Waals surface area contributed by atoms with E-state index >= 15 is 0 Å². The van der Waals surface area contributed by atoms with Crippen LogP contribution in [0.25, 0.3) is 0 Å². The highest BCUT2D eigenvalue weighted by atomic mass is 32.2. The van der Waals surface area contributed by atoms with Crippen molar-refractivity contribution in [2.45, 2.75) is 93.4 Å². The lowest BCUT2D eigenvalue weighted by molar-refractivity contribution is -0.117. The van der Waals surface area contributed by atoms with E-state index in [1.54, 1.807) is 0 Å². The lowest BCUT2D eigenvalue weighted by atomic mass is 9.96. The number of hydrogen-bond acceptors (Lipinski definition) is 7. The number of carbonyl (C=O) groups excluding carboxylic acids is 1. The van der Waals surface area contributed by atoms with E-state index in [0.29, 0.717) is 49.9 Å². The molecular formula is C20H44N3O3PS. The SMILES string of the molecule is CC(C)N(C(C)C)P(OCCOCSC(=O)C(C)(C)CN)N(C(C)C)C(C)C. The Balaban J connectivity index is 4.80. The van der Waals surface area contributed by atoms with Crippen molar-refractivity contribution in [1.82, 2.24) is 9.34 Å². The Morgan fingerprint density at radius 2 is 1.36 bits per heavy atom. The van der Waals surface area contributed by atoms with Crippen LogP contribution in [0.3, 0.4) is 0 Å². The van der Waals surface area contributed by atoms with E-state index in [-0.39, 0.29) is 5.12 Å². The van der Waals surface area contributed by atoms with Gasteiger partial charge in [-0.05, 0) is 55.4 Å². The van der Waals surface area contributed by atoms with Crippen LogP contribution < -0.4 is 5.73 Å². The summed E-state index contributed by atoms with van der Waals surface area (Å²) in [5.74, 6) is 0.333. The van der Waals surface area contributed by atoms with E-state index in [2.05, 4.69) is 64.7 Å². The first kappa shape index (κ1) is 28.2. The van der Waals surface area contributed by atoms with E-state index in [9.17, 15) is 4.79 Å².